The van der Waals surface area contributed by atoms with Crippen LogP contribution in [0.1, 0.15) is 12.8 Å². The van der Waals surface area contributed by atoms with Crippen LogP contribution in [-0.4, -0.2) is 48.2 Å². The lowest BCUT2D eigenvalue weighted by Gasteiger charge is -2.30. The van der Waals surface area contributed by atoms with E-state index < -0.39 is 0 Å². The van der Waals surface area contributed by atoms with Gasteiger partial charge in [0.2, 0.25) is 11.8 Å². The highest BCUT2D eigenvalue weighted by Gasteiger charge is 2.17. The first-order chi connectivity index (χ1) is 12.2. The molecule has 0 spiro atoms. The minimum Gasteiger partial charge on any atom is -0.416 e. The van der Waals surface area contributed by atoms with Gasteiger partial charge in [0.05, 0.1) is 30.3 Å². The van der Waals surface area contributed by atoms with Crippen LogP contribution in [0, 0.1) is 0 Å². The Morgan fingerprint density at radius 3 is 2.88 bits per heavy atom. The second kappa shape index (κ2) is 8.55. The summed E-state index contributed by atoms with van der Waals surface area (Å²) in [6.45, 7) is 4.83. The van der Waals surface area contributed by atoms with Crippen LogP contribution in [0.2, 0.25) is 5.02 Å². The standard InChI is InChI=1S/C16H19ClN4O3S/c1-2-15-19-20-16(24-15)25-10-14(22)18-12-9-11(17)3-4-13(12)21-5-7-23-8-6-21/h3-4,9H,2,5-8,10H2,1H3,(H,18,22). The predicted octanol–water partition coefficient (Wildman–Crippen LogP) is 2.85. The van der Waals surface area contributed by atoms with Crippen molar-refractivity contribution in [3.63, 3.8) is 0 Å². The van der Waals surface area contributed by atoms with Crippen molar-refractivity contribution in [2.24, 2.45) is 0 Å². The van der Waals surface area contributed by atoms with Crippen molar-refractivity contribution in [1.29, 1.82) is 0 Å². The number of hydrogen-bond donors (Lipinski definition) is 1. The van der Waals surface area contributed by atoms with Gasteiger partial charge in [0.25, 0.3) is 5.22 Å². The summed E-state index contributed by atoms with van der Waals surface area (Å²) in [4.78, 5) is 14.5. The number of carbonyl (C=O) groups excluding carboxylic acids is 1. The van der Waals surface area contributed by atoms with Crippen molar-refractivity contribution < 1.29 is 13.9 Å². The molecule has 2 heterocycles. The van der Waals surface area contributed by atoms with Gasteiger partial charge in [0, 0.05) is 24.5 Å². The van der Waals surface area contributed by atoms with Gasteiger partial charge in [-0.1, -0.05) is 30.3 Å². The summed E-state index contributed by atoms with van der Waals surface area (Å²) < 4.78 is 10.8. The number of halogens is 1. The smallest absolute Gasteiger partial charge is 0.277 e. The third kappa shape index (κ3) is 4.87. The third-order valence-electron chi connectivity index (χ3n) is 3.66. The van der Waals surface area contributed by atoms with E-state index in [9.17, 15) is 4.79 Å². The van der Waals surface area contributed by atoms with Crippen molar-refractivity contribution in [1.82, 2.24) is 10.2 Å². The van der Waals surface area contributed by atoms with E-state index in [2.05, 4.69) is 20.4 Å². The highest BCUT2D eigenvalue weighted by atomic mass is 35.5. The van der Waals surface area contributed by atoms with E-state index >= 15 is 0 Å². The molecular weight excluding hydrogens is 364 g/mol. The molecule has 1 saturated heterocycles. The first-order valence-electron chi connectivity index (χ1n) is 8.03. The first kappa shape index (κ1) is 18.0. The van der Waals surface area contributed by atoms with Crippen LogP contribution in [0.4, 0.5) is 11.4 Å². The van der Waals surface area contributed by atoms with Crippen molar-refractivity contribution in [2.45, 2.75) is 18.6 Å². The summed E-state index contributed by atoms with van der Waals surface area (Å²) in [5, 5.41) is 11.7. The lowest BCUT2D eigenvalue weighted by Crippen LogP contribution is -2.36. The Kier molecular flexibility index (Phi) is 6.17. The Balaban J connectivity index is 1.64. The minimum absolute atomic E-state index is 0.155. The van der Waals surface area contributed by atoms with E-state index in [-0.39, 0.29) is 11.7 Å². The fourth-order valence-corrected chi connectivity index (χ4v) is 3.19. The van der Waals surface area contributed by atoms with Crippen LogP contribution in [0.3, 0.4) is 0 Å². The molecule has 25 heavy (non-hydrogen) atoms. The van der Waals surface area contributed by atoms with Gasteiger partial charge in [0.15, 0.2) is 0 Å². The molecule has 0 saturated carbocycles. The number of amides is 1. The molecule has 0 unspecified atom stereocenters. The molecular formula is C16H19ClN4O3S. The summed E-state index contributed by atoms with van der Waals surface area (Å²) in [5.41, 5.74) is 1.64. The number of thioether (sulfide) groups is 1. The number of benzene rings is 1. The predicted molar refractivity (Wildman–Crippen MR) is 97.5 cm³/mol. The van der Waals surface area contributed by atoms with Crippen LogP contribution >= 0.6 is 23.4 Å². The Bertz CT molecular complexity index is 734. The molecule has 0 aliphatic carbocycles. The molecule has 9 heteroatoms. The van der Waals surface area contributed by atoms with Gasteiger partial charge < -0.3 is 19.4 Å². The Morgan fingerprint density at radius 2 is 2.16 bits per heavy atom. The molecule has 0 bridgehead atoms. The van der Waals surface area contributed by atoms with Gasteiger partial charge in [-0.3, -0.25) is 4.79 Å². The second-order valence-corrected chi connectivity index (χ2v) is 6.78. The van der Waals surface area contributed by atoms with Crippen LogP contribution in [0.25, 0.3) is 0 Å². The SMILES string of the molecule is CCc1nnc(SCC(=O)Nc2cc(Cl)ccc2N2CCOCC2)o1. The molecule has 7 nitrogen and oxygen atoms in total. The van der Waals surface area contributed by atoms with E-state index in [1.54, 1.807) is 6.07 Å². The zero-order chi connectivity index (χ0) is 17.6. The Hall–Kier alpha value is -1.77. The highest BCUT2D eigenvalue weighted by Crippen LogP contribution is 2.30. The molecule has 1 aliphatic rings. The van der Waals surface area contributed by atoms with E-state index in [4.69, 9.17) is 20.8 Å². The summed E-state index contributed by atoms with van der Waals surface area (Å²) in [7, 11) is 0. The Labute approximate surface area is 155 Å². The van der Waals surface area contributed by atoms with E-state index in [1.165, 1.54) is 11.8 Å². The number of anilines is 2. The van der Waals surface area contributed by atoms with Gasteiger partial charge in [-0.05, 0) is 18.2 Å². The molecule has 1 N–H and O–H groups in total. The molecule has 1 aliphatic heterocycles. The molecule has 0 atom stereocenters. The molecule has 1 aromatic heterocycles. The fourth-order valence-electron chi connectivity index (χ4n) is 2.44. The summed E-state index contributed by atoms with van der Waals surface area (Å²) in [6, 6.07) is 5.50. The zero-order valence-electron chi connectivity index (χ0n) is 13.8. The number of nitrogens with zero attached hydrogens (tertiary/aromatic N) is 3. The first-order valence-corrected chi connectivity index (χ1v) is 9.39. The van der Waals surface area contributed by atoms with E-state index in [0.717, 1.165) is 18.8 Å². The number of aromatic nitrogens is 2. The minimum atomic E-state index is -0.155. The molecule has 1 aromatic carbocycles. The maximum atomic E-state index is 12.3. The molecule has 0 radical (unpaired) electrons. The van der Waals surface area contributed by atoms with Gasteiger partial charge in [0.1, 0.15) is 0 Å². The quantitative estimate of drug-likeness (QED) is 0.769. The summed E-state index contributed by atoms with van der Waals surface area (Å²) in [5.74, 6) is 0.589. The fraction of sp³-hybridized carbons (Fsp3) is 0.438. The largest absolute Gasteiger partial charge is 0.416 e. The number of morpholine rings is 1. The average molecular weight is 383 g/mol. The maximum absolute atomic E-state index is 12.3. The average Bonchev–Trinajstić information content (AvgIpc) is 3.09. The summed E-state index contributed by atoms with van der Waals surface area (Å²) >= 11 is 7.31. The van der Waals surface area contributed by atoms with Crippen molar-refractivity contribution in [3.8, 4) is 0 Å². The Morgan fingerprint density at radius 1 is 1.36 bits per heavy atom. The highest BCUT2D eigenvalue weighted by molar-refractivity contribution is 7.99. The molecule has 134 valence electrons. The normalized spacial score (nSPS) is 14.6. The molecule has 1 amide bonds. The lowest BCUT2D eigenvalue weighted by atomic mass is 10.2. The number of carbonyl (C=O) groups is 1. The number of nitrogens with one attached hydrogen (secondary N) is 1. The molecule has 2 aromatic rings. The number of ether oxygens (including phenoxy) is 1. The van der Waals surface area contributed by atoms with Crippen molar-refractivity contribution in [3.05, 3.63) is 29.1 Å². The second-order valence-electron chi connectivity index (χ2n) is 5.41. The van der Waals surface area contributed by atoms with Crippen LogP contribution in [0.5, 0.6) is 0 Å². The number of rotatable bonds is 6. The van der Waals surface area contributed by atoms with E-state index in [1.807, 2.05) is 19.1 Å². The van der Waals surface area contributed by atoms with Gasteiger partial charge in [-0.2, -0.15) is 0 Å². The van der Waals surface area contributed by atoms with Gasteiger partial charge in [-0.15, -0.1) is 10.2 Å². The van der Waals surface area contributed by atoms with E-state index in [0.29, 0.717) is 41.5 Å². The molecule has 1 fully saturated rings. The van der Waals surface area contributed by atoms with Crippen molar-refractivity contribution in [2.75, 3.05) is 42.3 Å². The van der Waals surface area contributed by atoms with Crippen LogP contribution in [-0.2, 0) is 16.0 Å². The maximum Gasteiger partial charge on any atom is 0.277 e. The third-order valence-corrected chi connectivity index (χ3v) is 4.72. The van der Waals surface area contributed by atoms with Crippen LogP contribution in [0.15, 0.2) is 27.8 Å². The zero-order valence-corrected chi connectivity index (χ0v) is 15.4. The number of hydrogen-bond acceptors (Lipinski definition) is 7. The van der Waals surface area contributed by atoms with Gasteiger partial charge in [-0.25, -0.2) is 0 Å². The summed E-state index contributed by atoms with van der Waals surface area (Å²) in [6.07, 6.45) is 0.672. The number of aryl methyl sites for hydroxylation is 1. The monoisotopic (exact) mass is 382 g/mol. The van der Waals surface area contributed by atoms with Crippen molar-refractivity contribution >= 4 is 40.6 Å². The van der Waals surface area contributed by atoms with Crippen LogP contribution < -0.4 is 10.2 Å². The topological polar surface area (TPSA) is 80.5 Å². The lowest BCUT2D eigenvalue weighted by molar-refractivity contribution is -0.113. The van der Waals surface area contributed by atoms with Gasteiger partial charge >= 0.3 is 0 Å². The molecule has 3 rings (SSSR count).